The number of nitrogens with two attached hydrogens (primary N) is 1. The first-order valence-corrected chi connectivity index (χ1v) is 5.53. The number of nitrogens with one attached hydrogen (secondary N) is 1. The topological polar surface area (TPSA) is 80.9 Å². The van der Waals surface area contributed by atoms with Crippen LogP contribution in [0.25, 0.3) is 0 Å². The van der Waals surface area contributed by atoms with E-state index in [1.165, 1.54) is 12.1 Å². The summed E-state index contributed by atoms with van der Waals surface area (Å²) in [5.74, 6) is 0. The maximum Gasteiger partial charge on any atom is 0.416 e. The van der Waals surface area contributed by atoms with Gasteiger partial charge in [-0.2, -0.15) is 13.2 Å². The van der Waals surface area contributed by atoms with E-state index in [2.05, 4.69) is 0 Å². The highest BCUT2D eigenvalue weighted by Gasteiger charge is 2.29. The summed E-state index contributed by atoms with van der Waals surface area (Å²) in [5, 5.41) is 0. The van der Waals surface area contributed by atoms with Gasteiger partial charge in [0.15, 0.2) is 0 Å². The molecule has 8 heteroatoms. The molecule has 1 aromatic carbocycles. The van der Waals surface area contributed by atoms with Gasteiger partial charge in [-0.3, -0.25) is 14.3 Å². The Kier molecular flexibility index (Phi) is 3.39. The summed E-state index contributed by atoms with van der Waals surface area (Å²) in [6, 6.07) is 4.37. The number of halogens is 3. The first-order chi connectivity index (χ1) is 9.27. The van der Waals surface area contributed by atoms with Crippen LogP contribution in [-0.2, 0) is 12.7 Å². The molecule has 2 aromatic rings. The minimum atomic E-state index is -4.40. The molecule has 0 amide bonds. The van der Waals surface area contributed by atoms with E-state index >= 15 is 0 Å². The van der Waals surface area contributed by atoms with Crippen LogP contribution < -0.4 is 17.0 Å². The van der Waals surface area contributed by atoms with Crippen molar-refractivity contribution in [1.82, 2.24) is 9.55 Å². The molecule has 3 N–H and O–H groups in total. The second kappa shape index (κ2) is 4.87. The summed E-state index contributed by atoms with van der Waals surface area (Å²) >= 11 is 0. The van der Waals surface area contributed by atoms with E-state index in [1.807, 2.05) is 4.98 Å². The van der Waals surface area contributed by atoms with E-state index in [1.54, 1.807) is 0 Å². The molecular weight excluding hydrogens is 275 g/mol. The number of hydrogen-bond acceptors (Lipinski definition) is 3. The van der Waals surface area contributed by atoms with Crippen molar-refractivity contribution < 1.29 is 13.2 Å². The van der Waals surface area contributed by atoms with Crippen molar-refractivity contribution in [2.75, 3.05) is 5.73 Å². The monoisotopic (exact) mass is 285 g/mol. The molecule has 1 aromatic heterocycles. The molecule has 0 aliphatic rings. The first-order valence-electron chi connectivity index (χ1n) is 5.53. The fourth-order valence-electron chi connectivity index (χ4n) is 1.64. The van der Waals surface area contributed by atoms with Gasteiger partial charge in [-0.1, -0.05) is 12.1 Å². The molecule has 0 aliphatic heterocycles. The van der Waals surface area contributed by atoms with Crippen LogP contribution in [-0.4, -0.2) is 9.55 Å². The van der Waals surface area contributed by atoms with Gasteiger partial charge >= 0.3 is 11.9 Å². The van der Waals surface area contributed by atoms with Gasteiger partial charge in [-0.25, -0.2) is 4.79 Å². The molecule has 1 heterocycles. The Morgan fingerprint density at radius 2 is 1.75 bits per heavy atom. The average Bonchev–Trinajstić information content (AvgIpc) is 2.35. The number of anilines is 1. The third-order valence-electron chi connectivity index (χ3n) is 2.67. The van der Waals surface area contributed by atoms with Crippen LogP contribution >= 0.6 is 0 Å². The number of nitrogens with zero attached hydrogens (tertiary/aromatic N) is 1. The average molecular weight is 285 g/mol. The van der Waals surface area contributed by atoms with Gasteiger partial charge in [-0.05, 0) is 17.7 Å². The summed E-state index contributed by atoms with van der Waals surface area (Å²) < 4.78 is 38.3. The highest BCUT2D eigenvalue weighted by molar-refractivity contribution is 5.31. The molecule has 0 aliphatic carbocycles. The van der Waals surface area contributed by atoms with Crippen molar-refractivity contribution in [1.29, 1.82) is 0 Å². The second-order valence-electron chi connectivity index (χ2n) is 4.17. The minimum absolute atomic E-state index is 0.0119. The number of H-pyrrole nitrogens is 1. The fraction of sp³-hybridized carbons (Fsp3) is 0.167. The Bertz CT molecular complexity index is 729. The summed E-state index contributed by atoms with van der Waals surface area (Å²) in [6.45, 7) is 0.0119. The van der Waals surface area contributed by atoms with E-state index in [0.717, 1.165) is 22.9 Å². The lowest BCUT2D eigenvalue weighted by Crippen LogP contribution is -2.31. The van der Waals surface area contributed by atoms with E-state index in [4.69, 9.17) is 5.73 Å². The summed E-state index contributed by atoms with van der Waals surface area (Å²) in [5.41, 5.74) is 3.57. The minimum Gasteiger partial charge on any atom is -0.393 e. The molecule has 0 radical (unpaired) electrons. The lowest BCUT2D eigenvalue weighted by Gasteiger charge is -2.09. The van der Waals surface area contributed by atoms with Gasteiger partial charge in [0.2, 0.25) is 0 Å². The number of aromatic amines is 1. The van der Waals surface area contributed by atoms with Crippen LogP contribution in [0, 0.1) is 0 Å². The molecule has 0 spiro atoms. The Morgan fingerprint density at radius 3 is 2.30 bits per heavy atom. The van der Waals surface area contributed by atoms with Crippen molar-refractivity contribution in [3.8, 4) is 0 Å². The van der Waals surface area contributed by atoms with Gasteiger partial charge < -0.3 is 5.73 Å². The predicted octanol–water partition coefficient (Wildman–Crippen LogP) is 1.19. The number of alkyl halides is 3. The SMILES string of the molecule is Nc1cn(Cc2ccc(C(F)(F)F)cc2)c(=O)[nH]c1=O. The van der Waals surface area contributed by atoms with Crippen molar-refractivity contribution >= 4 is 5.69 Å². The number of aromatic nitrogens is 2. The number of rotatable bonds is 2. The number of hydrogen-bond donors (Lipinski definition) is 2. The number of benzene rings is 1. The molecule has 5 nitrogen and oxygen atoms in total. The standard InChI is InChI=1S/C12H10F3N3O2/c13-12(14,15)8-3-1-7(2-4-8)5-18-6-9(16)10(19)17-11(18)20/h1-4,6H,5,16H2,(H,17,19,20). The van der Waals surface area contributed by atoms with Crippen molar-refractivity contribution in [2.45, 2.75) is 12.7 Å². The zero-order valence-electron chi connectivity index (χ0n) is 10.1. The third kappa shape index (κ3) is 2.90. The normalized spacial score (nSPS) is 11.6. The van der Waals surface area contributed by atoms with Gasteiger partial charge in [-0.15, -0.1) is 0 Å². The van der Waals surface area contributed by atoms with E-state index < -0.39 is 23.0 Å². The Morgan fingerprint density at radius 1 is 1.15 bits per heavy atom. The summed E-state index contributed by atoms with van der Waals surface area (Å²) in [6.07, 6.45) is -3.25. The molecule has 0 fully saturated rings. The van der Waals surface area contributed by atoms with Crippen LogP contribution in [0.1, 0.15) is 11.1 Å². The van der Waals surface area contributed by atoms with E-state index in [0.29, 0.717) is 5.56 Å². The van der Waals surface area contributed by atoms with Crippen molar-refractivity contribution in [3.63, 3.8) is 0 Å². The quantitative estimate of drug-likeness (QED) is 0.869. The third-order valence-corrected chi connectivity index (χ3v) is 2.67. The molecule has 0 unspecified atom stereocenters. The zero-order valence-corrected chi connectivity index (χ0v) is 10.1. The van der Waals surface area contributed by atoms with Crippen LogP contribution in [0.5, 0.6) is 0 Å². The molecule has 2 rings (SSSR count). The lowest BCUT2D eigenvalue weighted by molar-refractivity contribution is -0.137. The Balaban J connectivity index is 2.29. The van der Waals surface area contributed by atoms with Crippen molar-refractivity contribution in [2.24, 2.45) is 0 Å². The maximum absolute atomic E-state index is 12.4. The number of nitrogen functional groups attached to an aromatic ring is 1. The molecular formula is C12H10F3N3O2. The Hall–Kier alpha value is -2.51. The van der Waals surface area contributed by atoms with Crippen LogP contribution in [0.2, 0.25) is 0 Å². The van der Waals surface area contributed by atoms with Gasteiger partial charge in [0.05, 0.1) is 12.1 Å². The van der Waals surface area contributed by atoms with Crippen LogP contribution in [0.15, 0.2) is 40.1 Å². The van der Waals surface area contributed by atoms with Crippen LogP contribution in [0.3, 0.4) is 0 Å². The van der Waals surface area contributed by atoms with Gasteiger partial charge in [0, 0.05) is 6.20 Å². The zero-order chi connectivity index (χ0) is 14.9. The molecule has 0 saturated carbocycles. The highest BCUT2D eigenvalue weighted by Crippen LogP contribution is 2.29. The smallest absolute Gasteiger partial charge is 0.393 e. The second-order valence-corrected chi connectivity index (χ2v) is 4.17. The molecule has 0 atom stereocenters. The highest BCUT2D eigenvalue weighted by atomic mass is 19.4. The molecule has 0 saturated heterocycles. The van der Waals surface area contributed by atoms with E-state index in [9.17, 15) is 22.8 Å². The van der Waals surface area contributed by atoms with Gasteiger partial charge in [0.1, 0.15) is 5.69 Å². The predicted molar refractivity (Wildman–Crippen MR) is 66.3 cm³/mol. The van der Waals surface area contributed by atoms with Gasteiger partial charge in [0.25, 0.3) is 5.56 Å². The largest absolute Gasteiger partial charge is 0.416 e. The first kappa shape index (κ1) is 13.9. The Labute approximate surface area is 110 Å². The molecule has 106 valence electrons. The summed E-state index contributed by atoms with van der Waals surface area (Å²) in [4.78, 5) is 24.6. The fourth-order valence-corrected chi connectivity index (χ4v) is 1.64. The lowest BCUT2D eigenvalue weighted by atomic mass is 10.1. The van der Waals surface area contributed by atoms with Crippen molar-refractivity contribution in [3.05, 3.63) is 62.4 Å². The summed E-state index contributed by atoms with van der Waals surface area (Å²) in [7, 11) is 0. The van der Waals surface area contributed by atoms with E-state index in [-0.39, 0.29) is 12.2 Å². The maximum atomic E-state index is 12.4. The molecule has 20 heavy (non-hydrogen) atoms. The van der Waals surface area contributed by atoms with Crippen LogP contribution in [0.4, 0.5) is 18.9 Å². The molecule has 0 bridgehead atoms.